The Morgan fingerprint density at radius 1 is 1.12 bits per heavy atom. The minimum atomic E-state index is 0.0659. The number of methoxy groups -OCH3 is 1. The van der Waals surface area contributed by atoms with Gasteiger partial charge in [0.15, 0.2) is 0 Å². The first kappa shape index (κ1) is 16.9. The van der Waals surface area contributed by atoms with E-state index in [2.05, 4.69) is 41.0 Å². The summed E-state index contributed by atoms with van der Waals surface area (Å²) >= 11 is 0. The second-order valence-electron chi connectivity index (χ2n) is 8.08. The predicted octanol–water partition coefficient (Wildman–Crippen LogP) is 3.38. The minimum absolute atomic E-state index is 0.0659. The molecule has 0 N–H and O–H groups in total. The van der Waals surface area contributed by atoms with E-state index >= 15 is 0 Å². The van der Waals surface area contributed by atoms with Crippen molar-refractivity contribution in [3.05, 3.63) is 29.8 Å². The van der Waals surface area contributed by atoms with E-state index in [1.54, 1.807) is 0 Å². The van der Waals surface area contributed by atoms with Crippen LogP contribution in [-0.2, 0) is 9.53 Å². The van der Waals surface area contributed by atoms with E-state index in [0.717, 1.165) is 45.3 Å². The Labute approximate surface area is 151 Å². The number of benzene rings is 1. The third-order valence-electron chi connectivity index (χ3n) is 6.76. The minimum Gasteiger partial charge on any atom is -0.377 e. The van der Waals surface area contributed by atoms with Gasteiger partial charge in [0, 0.05) is 38.3 Å². The van der Waals surface area contributed by atoms with E-state index in [0.29, 0.717) is 11.8 Å². The van der Waals surface area contributed by atoms with E-state index in [9.17, 15) is 4.79 Å². The molecule has 1 atom stereocenters. The van der Waals surface area contributed by atoms with Gasteiger partial charge < -0.3 is 14.5 Å². The second-order valence-corrected chi connectivity index (χ2v) is 8.08. The van der Waals surface area contributed by atoms with E-state index in [1.165, 1.54) is 24.1 Å². The number of anilines is 1. The largest absolute Gasteiger partial charge is 0.377 e. The molecule has 4 rings (SSSR count). The third kappa shape index (κ3) is 2.84. The molecule has 2 aliphatic heterocycles. The zero-order chi connectivity index (χ0) is 17.4. The third-order valence-corrected chi connectivity index (χ3v) is 6.76. The van der Waals surface area contributed by atoms with Crippen molar-refractivity contribution >= 4 is 11.6 Å². The lowest BCUT2D eigenvalue weighted by Crippen LogP contribution is -2.74. The smallest absolute Gasteiger partial charge is 0.225 e. The summed E-state index contributed by atoms with van der Waals surface area (Å²) in [5.74, 6) is 0.699. The lowest BCUT2D eigenvalue weighted by atomic mass is 9.73. The lowest BCUT2D eigenvalue weighted by Gasteiger charge is -2.62. The van der Waals surface area contributed by atoms with Gasteiger partial charge in [0.05, 0.1) is 11.6 Å². The SMILES string of the molecule is COC1CN(c2ccc(C)cc2)C12CCN(C(=O)C1CCCC1)CC2. The van der Waals surface area contributed by atoms with Crippen LogP contribution in [0.3, 0.4) is 0 Å². The summed E-state index contributed by atoms with van der Waals surface area (Å²) < 4.78 is 5.81. The van der Waals surface area contributed by atoms with E-state index < -0.39 is 0 Å². The van der Waals surface area contributed by atoms with Gasteiger partial charge in [-0.05, 0) is 44.7 Å². The van der Waals surface area contributed by atoms with Crippen molar-refractivity contribution in [1.82, 2.24) is 4.90 Å². The summed E-state index contributed by atoms with van der Waals surface area (Å²) in [4.78, 5) is 17.4. The number of piperidine rings is 1. The summed E-state index contributed by atoms with van der Waals surface area (Å²) in [6, 6.07) is 8.81. The maximum atomic E-state index is 12.7. The van der Waals surface area contributed by atoms with Gasteiger partial charge >= 0.3 is 0 Å². The van der Waals surface area contributed by atoms with Crippen LogP contribution in [0.15, 0.2) is 24.3 Å². The number of rotatable bonds is 3. The monoisotopic (exact) mass is 342 g/mol. The highest BCUT2D eigenvalue weighted by atomic mass is 16.5. The number of carbonyl (C=O) groups is 1. The topological polar surface area (TPSA) is 32.8 Å². The van der Waals surface area contributed by atoms with Crippen molar-refractivity contribution in [2.24, 2.45) is 5.92 Å². The Kier molecular flexibility index (Phi) is 4.48. The molecule has 0 aromatic heterocycles. The Balaban J connectivity index is 1.46. The molecule has 0 bridgehead atoms. The molecule has 1 saturated carbocycles. The Morgan fingerprint density at radius 2 is 1.76 bits per heavy atom. The summed E-state index contributed by atoms with van der Waals surface area (Å²) in [6.45, 7) is 4.83. The highest BCUT2D eigenvalue weighted by Gasteiger charge is 2.55. The van der Waals surface area contributed by atoms with Gasteiger partial charge in [-0.15, -0.1) is 0 Å². The molecule has 1 spiro atoms. The quantitative estimate of drug-likeness (QED) is 0.844. The summed E-state index contributed by atoms with van der Waals surface area (Å²) in [7, 11) is 1.83. The molecule has 1 aliphatic carbocycles. The summed E-state index contributed by atoms with van der Waals surface area (Å²) in [5, 5.41) is 0. The van der Waals surface area contributed by atoms with Crippen LogP contribution in [-0.4, -0.2) is 49.2 Å². The molecule has 1 aromatic carbocycles. The Morgan fingerprint density at radius 3 is 2.36 bits per heavy atom. The average molecular weight is 342 g/mol. The standard InChI is InChI=1S/C21H30N2O2/c1-16-7-9-18(10-8-16)23-15-19(25-2)21(23)11-13-22(14-12-21)20(24)17-5-3-4-6-17/h7-10,17,19H,3-6,11-15H2,1-2H3. The fourth-order valence-corrected chi connectivity index (χ4v) is 5.10. The molecular formula is C21H30N2O2. The van der Waals surface area contributed by atoms with Crippen LogP contribution in [0.5, 0.6) is 0 Å². The van der Waals surface area contributed by atoms with Gasteiger partial charge in [0.2, 0.25) is 5.91 Å². The van der Waals surface area contributed by atoms with Crippen molar-refractivity contribution in [3.8, 4) is 0 Å². The Bertz CT molecular complexity index is 613. The fourth-order valence-electron chi connectivity index (χ4n) is 5.10. The first-order chi connectivity index (χ1) is 12.1. The van der Waals surface area contributed by atoms with Crippen molar-refractivity contribution < 1.29 is 9.53 Å². The molecule has 1 unspecified atom stereocenters. The number of likely N-dealkylation sites (tertiary alicyclic amines) is 1. The number of hydrogen-bond donors (Lipinski definition) is 0. The fraction of sp³-hybridized carbons (Fsp3) is 0.667. The lowest BCUT2D eigenvalue weighted by molar-refractivity contribution is -0.139. The molecule has 2 saturated heterocycles. The highest BCUT2D eigenvalue weighted by molar-refractivity contribution is 5.79. The van der Waals surface area contributed by atoms with Crippen LogP contribution in [0.4, 0.5) is 5.69 Å². The van der Waals surface area contributed by atoms with Crippen LogP contribution in [0.25, 0.3) is 0 Å². The molecule has 0 radical (unpaired) electrons. The van der Waals surface area contributed by atoms with E-state index in [4.69, 9.17) is 4.74 Å². The molecule has 1 amide bonds. The molecule has 4 heteroatoms. The average Bonchev–Trinajstić information content (AvgIpc) is 3.17. The van der Waals surface area contributed by atoms with Gasteiger partial charge in [-0.1, -0.05) is 30.5 Å². The van der Waals surface area contributed by atoms with Gasteiger partial charge in [0.25, 0.3) is 0 Å². The first-order valence-corrected chi connectivity index (χ1v) is 9.80. The molecule has 4 nitrogen and oxygen atoms in total. The number of hydrogen-bond acceptors (Lipinski definition) is 3. The molecule has 1 aromatic rings. The zero-order valence-corrected chi connectivity index (χ0v) is 15.5. The van der Waals surface area contributed by atoms with Crippen LogP contribution < -0.4 is 4.90 Å². The van der Waals surface area contributed by atoms with Gasteiger partial charge in [0.1, 0.15) is 0 Å². The maximum Gasteiger partial charge on any atom is 0.225 e. The molecular weight excluding hydrogens is 312 g/mol. The number of nitrogens with zero attached hydrogens (tertiary/aromatic N) is 2. The van der Waals surface area contributed by atoms with Gasteiger partial charge in [-0.2, -0.15) is 0 Å². The highest BCUT2D eigenvalue weighted by Crippen LogP contribution is 2.45. The normalized spacial score (nSPS) is 26.1. The molecule has 136 valence electrons. The predicted molar refractivity (Wildman–Crippen MR) is 99.8 cm³/mol. The van der Waals surface area contributed by atoms with Crippen molar-refractivity contribution in [3.63, 3.8) is 0 Å². The van der Waals surface area contributed by atoms with Crippen LogP contribution >= 0.6 is 0 Å². The second kappa shape index (κ2) is 6.64. The number of amides is 1. The van der Waals surface area contributed by atoms with E-state index in [-0.39, 0.29) is 11.6 Å². The van der Waals surface area contributed by atoms with Gasteiger partial charge in [-0.25, -0.2) is 0 Å². The number of carbonyl (C=O) groups excluding carboxylic acids is 1. The number of aryl methyl sites for hydroxylation is 1. The van der Waals surface area contributed by atoms with Gasteiger partial charge in [-0.3, -0.25) is 4.79 Å². The van der Waals surface area contributed by atoms with Crippen LogP contribution in [0.2, 0.25) is 0 Å². The molecule has 25 heavy (non-hydrogen) atoms. The van der Waals surface area contributed by atoms with Crippen molar-refractivity contribution in [2.75, 3.05) is 31.6 Å². The molecule has 2 heterocycles. The Hall–Kier alpha value is -1.55. The molecule has 3 aliphatic rings. The van der Waals surface area contributed by atoms with Crippen LogP contribution in [0, 0.1) is 12.8 Å². The number of ether oxygens (including phenoxy) is 1. The van der Waals surface area contributed by atoms with Crippen molar-refractivity contribution in [1.29, 1.82) is 0 Å². The summed E-state index contributed by atoms with van der Waals surface area (Å²) in [6.07, 6.45) is 6.93. The van der Waals surface area contributed by atoms with E-state index in [1.807, 2.05) is 7.11 Å². The maximum absolute atomic E-state index is 12.7. The molecule has 3 fully saturated rings. The van der Waals surface area contributed by atoms with Crippen molar-refractivity contribution in [2.45, 2.75) is 57.1 Å². The summed E-state index contributed by atoms with van der Waals surface area (Å²) in [5.41, 5.74) is 2.64. The first-order valence-electron chi connectivity index (χ1n) is 9.80. The zero-order valence-electron chi connectivity index (χ0n) is 15.5. The van der Waals surface area contributed by atoms with Crippen LogP contribution in [0.1, 0.15) is 44.1 Å².